The van der Waals surface area contributed by atoms with Gasteiger partial charge in [0.25, 0.3) is 0 Å². The number of phenolic OH excluding ortho intramolecular Hbond substituents is 1. The summed E-state index contributed by atoms with van der Waals surface area (Å²) in [4.78, 5) is 5.93. The largest absolute Gasteiger partial charge is 0.504 e. The summed E-state index contributed by atoms with van der Waals surface area (Å²) in [6.07, 6.45) is 1.93. The lowest BCUT2D eigenvalue weighted by atomic mass is 9.77. The molecule has 1 atom stereocenters. The molecule has 1 heterocycles. The number of nitrogens with two attached hydrogens (primary N) is 1. The Hall–Kier alpha value is -1.59. The van der Waals surface area contributed by atoms with Crippen molar-refractivity contribution in [3.8, 4) is 22.1 Å². The molecular weight excluding hydrogens is 284 g/mol. The summed E-state index contributed by atoms with van der Waals surface area (Å²) in [6.45, 7) is 4.46. The predicted octanol–water partition coefficient (Wildman–Crippen LogP) is 3.50. The van der Waals surface area contributed by atoms with Gasteiger partial charge in [-0.2, -0.15) is 0 Å². The van der Waals surface area contributed by atoms with E-state index in [0.717, 1.165) is 29.1 Å². The summed E-state index contributed by atoms with van der Waals surface area (Å²) < 4.78 is 5.07. The number of thiazole rings is 1. The van der Waals surface area contributed by atoms with Gasteiger partial charge in [-0.05, 0) is 36.5 Å². The minimum atomic E-state index is 0.0573. The molecule has 5 heteroatoms. The van der Waals surface area contributed by atoms with Crippen LogP contribution in [-0.4, -0.2) is 17.2 Å². The van der Waals surface area contributed by atoms with E-state index in [0.29, 0.717) is 5.75 Å². The van der Waals surface area contributed by atoms with Crippen LogP contribution >= 0.6 is 11.3 Å². The van der Waals surface area contributed by atoms with Crippen LogP contribution < -0.4 is 10.5 Å². The molecule has 112 valence electrons. The highest BCUT2D eigenvalue weighted by Crippen LogP contribution is 2.44. The average molecular weight is 304 g/mol. The second-order valence-electron chi connectivity index (χ2n) is 6.37. The number of ether oxygens (including phenoxy) is 1. The molecule has 0 bridgehead atoms. The van der Waals surface area contributed by atoms with Crippen LogP contribution in [0.3, 0.4) is 0 Å². The molecule has 0 saturated carbocycles. The zero-order chi connectivity index (χ0) is 15.2. The van der Waals surface area contributed by atoms with Gasteiger partial charge in [-0.25, -0.2) is 4.98 Å². The van der Waals surface area contributed by atoms with E-state index in [2.05, 4.69) is 13.8 Å². The van der Waals surface area contributed by atoms with Crippen molar-refractivity contribution in [2.45, 2.75) is 32.7 Å². The maximum Gasteiger partial charge on any atom is 0.160 e. The van der Waals surface area contributed by atoms with Gasteiger partial charge < -0.3 is 15.6 Å². The number of aromatic nitrogens is 1. The number of aromatic hydroxyl groups is 1. The predicted molar refractivity (Wildman–Crippen MR) is 84.8 cm³/mol. The summed E-state index contributed by atoms with van der Waals surface area (Å²) in [5.41, 5.74) is 8.49. The Balaban J connectivity index is 2.00. The number of hydrogen-bond acceptors (Lipinski definition) is 5. The Labute approximate surface area is 128 Å². The molecule has 1 aliphatic carbocycles. The van der Waals surface area contributed by atoms with Gasteiger partial charge in [0.1, 0.15) is 5.01 Å². The number of hydrogen-bond donors (Lipinski definition) is 2. The lowest BCUT2D eigenvalue weighted by Gasteiger charge is -2.32. The van der Waals surface area contributed by atoms with E-state index in [1.807, 2.05) is 6.07 Å². The number of fused-ring (bicyclic) bond motifs is 1. The summed E-state index contributed by atoms with van der Waals surface area (Å²) in [5.74, 6) is 0.603. The van der Waals surface area contributed by atoms with Crippen molar-refractivity contribution in [1.82, 2.24) is 4.98 Å². The third kappa shape index (κ3) is 2.63. The molecule has 1 aliphatic rings. The number of phenols is 1. The first kappa shape index (κ1) is 14.4. The van der Waals surface area contributed by atoms with Crippen molar-refractivity contribution in [2.24, 2.45) is 11.1 Å². The van der Waals surface area contributed by atoms with Gasteiger partial charge in [-0.1, -0.05) is 13.8 Å². The molecule has 3 rings (SSSR count). The molecule has 0 radical (unpaired) electrons. The normalized spacial score (nSPS) is 20.1. The Morgan fingerprint density at radius 2 is 2.19 bits per heavy atom. The lowest BCUT2D eigenvalue weighted by molar-refractivity contribution is 0.282. The lowest BCUT2D eigenvalue weighted by Crippen LogP contribution is -2.28. The third-order valence-corrected chi connectivity index (χ3v) is 5.19. The summed E-state index contributed by atoms with van der Waals surface area (Å²) in [5, 5.41) is 10.8. The zero-order valence-corrected chi connectivity index (χ0v) is 13.3. The second kappa shape index (κ2) is 5.00. The Bertz CT molecular complexity index is 679. The van der Waals surface area contributed by atoms with Crippen LogP contribution in [0, 0.1) is 5.41 Å². The molecule has 0 aliphatic heterocycles. The molecule has 1 aromatic carbocycles. The first-order chi connectivity index (χ1) is 9.89. The highest BCUT2D eigenvalue weighted by molar-refractivity contribution is 7.15. The molecule has 0 amide bonds. The highest BCUT2D eigenvalue weighted by Gasteiger charge is 2.33. The van der Waals surface area contributed by atoms with Gasteiger partial charge in [-0.15, -0.1) is 11.3 Å². The quantitative estimate of drug-likeness (QED) is 0.891. The second-order valence-corrected chi connectivity index (χ2v) is 7.40. The summed E-state index contributed by atoms with van der Waals surface area (Å²) in [6, 6.07) is 5.43. The minimum absolute atomic E-state index is 0.0573. The van der Waals surface area contributed by atoms with Crippen LogP contribution in [0.15, 0.2) is 18.2 Å². The van der Waals surface area contributed by atoms with Gasteiger partial charge in [-0.3, -0.25) is 0 Å². The van der Waals surface area contributed by atoms with E-state index in [4.69, 9.17) is 15.5 Å². The molecule has 0 saturated heterocycles. The Morgan fingerprint density at radius 1 is 1.43 bits per heavy atom. The van der Waals surface area contributed by atoms with Crippen molar-refractivity contribution in [1.29, 1.82) is 0 Å². The molecule has 21 heavy (non-hydrogen) atoms. The number of nitrogens with zero attached hydrogens (tertiary/aromatic N) is 1. The minimum Gasteiger partial charge on any atom is -0.504 e. The van der Waals surface area contributed by atoms with E-state index < -0.39 is 0 Å². The average Bonchev–Trinajstić information content (AvgIpc) is 2.81. The van der Waals surface area contributed by atoms with Crippen LogP contribution in [0.4, 0.5) is 0 Å². The molecule has 0 fully saturated rings. The molecule has 2 aromatic rings. The SMILES string of the molecule is COc1ccc(-c2nc3c(s2)C(N)CC(C)(C)C3)cc1O. The summed E-state index contributed by atoms with van der Waals surface area (Å²) in [7, 11) is 1.54. The third-order valence-electron chi connectivity index (χ3n) is 3.91. The van der Waals surface area contributed by atoms with E-state index in [9.17, 15) is 5.11 Å². The molecule has 4 nitrogen and oxygen atoms in total. The molecule has 0 spiro atoms. The van der Waals surface area contributed by atoms with Gasteiger partial charge in [0.15, 0.2) is 11.5 Å². The van der Waals surface area contributed by atoms with Crippen molar-refractivity contribution in [3.05, 3.63) is 28.8 Å². The number of benzene rings is 1. The van der Waals surface area contributed by atoms with Gasteiger partial charge >= 0.3 is 0 Å². The van der Waals surface area contributed by atoms with Gasteiger partial charge in [0.2, 0.25) is 0 Å². The molecule has 1 unspecified atom stereocenters. The van der Waals surface area contributed by atoms with Crippen LogP contribution in [-0.2, 0) is 6.42 Å². The van der Waals surface area contributed by atoms with Crippen molar-refractivity contribution in [3.63, 3.8) is 0 Å². The first-order valence-electron chi connectivity index (χ1n) is 7.02. The standard InChI is InChI=1S/C16H20N2O2S/c1-16(2)7-10(17)14-11(8-16)18-15(21-14)9-4-5-13(20-3)12(19)6-9/h4-6,10,19H,7-8,17H2,1-3H3. The monoisotopic (exact) mass is 304 g/mol. The van der Waals surface area contributed by atoms with Crippen molar-refractivity contribution < 1.29 is 9.84 Å². The fourth-order valence-corrected chi connectivity index (χ4v) is 4.02. The van der Waals surface area contributed by atoms with Crippen LogP contribution in [0.1, 0.15) is 36.9 Å². The highest BCUT2D eigenvalue weighted by atomic mass is 32.1. The van der Waals surface area contributed by atoms with E-state index >= 15 is 0 Å². The Kier molecular flexibility index (Phi) is 3.42. The molecular formula is C16H20N2O2S. The smallest absolute Gasteiger partial charge is 0.160 e. The van der Waals surface area contributed by atoms with Crippen LogP contribution in [0.2, 0.25) is 0 Å². The van der Waals surface area contributed by atoms with Crippen molar-refractivity contribution in [2.75, 3.05) is 7.11 Å². The van der Waals surface area contributed by atoms with Crippen LogP contribution in [0.5, 0.6) is 11.5 Å². The van der Waals surface area contributed by atoms with Gasteiger partial charge in [0, 0.05) is 16.5 Å². The van der Waals surface area contributed by atoms with E-state index in [1.165, 1.54) is 12.0 Å². The fourth-order valence-electron chi connectivity index (χ4n) is 2.94. The van der Waals surface area contributed by atoms with Crippen LogP contribution in [0.25, 0.3) is 10.6 Å². The van der Waals surface area contributed by atoms with E-state index in [-0.39, 0.29) is 17.2 Å². The zero-order valence-electron chi connectivity index (χ0n) is 12.5. The number of rotatable bonds is 2. The maximum absolute atomic E-state index is 9.92. The topological polar surface area (TPSA) is 68.4 Å². The molecule has 1 aromatic heterocycles. The first-order valence-corrected chi connectivity index (χ1v) is 7.84. The van der Waals surface area contributed by atoms with Crippen molar-refractivity contribution >= 4 is 11.3 Å². The maximum atomic E-state index is 9.92. The van der Waals surface area contributed by atoms with Gasteiger partial charge in [0.05, 0.1) is 12.8 Å². The summed E-state index contributed by atoms with van der Waals surface area (Å²) >= 11 is 1.63. The fraction of sp³-hybridized carbons (Fsp3) is 0.438. The Morgan fingerprint density at radius 3 is 2.86 bits per heavy atom. The number of methoxy groups -OCH3 is 1. The van der Waals surface area contributed by atoms with E-state index in [1.54, 1.807) is 23.5 Å². The molecule has 3 N–H and O–H groups in total.